The Bertz CT molecular complexity index is 1100. The zero-order chi connectivity index (χ0) is 21.3. The quantitative estimate of drug-likeness (QED) is 0.252. The fraction of sp³-hybridized carbons (Fsp3) is 0.120. The van der Waals surface area contributed by atoms with Crippen LogP contribution in [0.25, 0.3) is 6.08 Å². The van der Waals surface area contributed by atoms with Crippen LogP contribution in [-0.2, 0) is 6.61 Å². The Hall–Kier alpha value is -3.55. The van der Waals surface area contributed by atoms with Crippen molar-refractivity contribution in [3.8, 4) is 17.6 Å². The summed E-state index contributed by atoms with van der Waals surface area (Å²) in [5, 5.41) is 10.1. The smallest absolute Gasteiger partial charge is 0.203 e. The van der Waals surface area contributed by atoms with Gasteiger partial charge in [-0.3, -0.25) is 4.79 Å². The summed E-state index contributed by atoms with van der Waals surface area (Å²) in [5.74, 6) is 0.764. The van der Waals surface area contributed by atoms with E-state index in [-0.39, 0.29) is 11.4 Å². The van der Waals surface area contributed by atoms with Gasteiger partial charge in [0.25, 0.3) is 0 Å². The molecule has 0 heterocycles. The van der Waals surface area contributed by atoms with Gasteiger partial charge in [0.2, 0.25) is 5.78 Å². The molecule has 3 aromatic carbocycles. The van der Waals surface area contributed by atoms with Crippen molar-refractivity contribution in [2.75, 3.05) is 6.61 Å². The number of carbonyl (C=O) groups excluding carboxylic acids is 1. The number of ketones is 1. The Morgan fingerprint density at radius 2 is 1.73 bits per heavy atom. The maximum Gasteiger partial charge on any atom is 0.203 e. The molecule has 0 radical (unpaired) electrons. The van der Waals surface area contributed by atoms with Crippen LogP contribution < -0.4 is 9.47 Å². The Balaban J connectivity index is 1.85. The second kappa shape index (κ2) is 10.3. The Morgan fingerprint density at radius 3 is 2.43 bits per heavy atom. The molecule has 30 heavy (non-hydrogen) atoms. The van der Waals surface area contributed by atoms with E-state index in [9.17, 15) is 10.1 Å². The average molecular weight is 418 g/mol. The van der Waals surface area contributed by atoms with Gasteiger partial charge < -0.3 is 9.47 Å². The Labute approximate surface area is 180 Å². The van der Waals surface area contributed by atoms with Crippen LogP contribution in [0.4, 0.5) is 0 Å². The number of hydrogen-bond donors (Lipinski definition) is 0. The summed E-state index contributed by atoms with van der Waals surface area (Å²) in [4.78, 5) is 12.6. The first-order valence-electron chi connectivity index (χ1n) is 9.47. The molecule has 4 nitrogen and oxygen atoms in total. The molecular formula is C25H20ClNO3. The second-order valence-corrected chi connectivity index (χ2v) is 6.79. The first kappa shape index (κ1) is 21.2. The molecule has 0 saturated carbocycles. The number of halogens is 1. The van der Waals surface area contributed by atoms with Gasteiger partial charge in [-0.2, -0.15) is 5.26 Å². The predicted octanol–water partition coefficient (Wildman–Crippen LogP) is 6.11. The maximum atomic E-state index is 12.6. The van der Waals surface area contributed by atoms with E-state index in [1.807, 2.05) is 43.3 Å². The molecule has 5 heteroatoms. The lowest BCUT2D eigenvalue weighted by atomic mass is 10.0. The van der Waals surface area contributed by atoms with Gasteiger partial charge in [-0.15, -0.1) is 0 Å². The minimum Gasteiger partial charge on any atom is -0.490 e. The molecular weight excluding hydrogens is 398 g/mol. The van der Waals surface area contributed by atoms with Crippen LogP contribution in [0.3, 0.4) is 0 Å². The molecule has 0 unspecified atom stereocenters. The molecule has 150 valence electrons. The molecule has 3 aromatic rings. The SMILES string of the molecule is CCOc1cc(/C=C(\C#N)C(=O)c2ccccc2)ccc1OCc1ccccc1Cl. The number of benzene rings is 3. The fourth-order valence-corrected chi connectivity index (χ4v) is 3.02. The molecule has 0 aliphatic carbocycles. The van der Waals surface area contributed by atoms with Gasteiger partial charge in [0, 0.05) is 16.1 Å². The zero-order valence-corrected chi connectivity index (χ0v) is 17.2. The minimum atomic E-state index is -0.324. The van der Waals surface area contributed by atoms with Crippen LogP contribution in [0, 0.1) is 11.3 Å². The molecule has 3 rings (SSSR count). The van der Waals surface area contributed by atoms with Crippen molar-refractivity contribution in [1.82, 2.24) is 0 Å². The number of hydrogen-bond acceptors (Lipinski definition) is 4. The van der Waals surface area contributed by atoms with E-state index >= 15 is 0 Å². The third kappa shape index (κ3) is 5.28. The number of nitrogens with zero attached hydrogens (tertiary/aromatic N) is 1. The molecule has 0 aromatic heterocycles. The molecule has 0 aliphatic rings. The fourth-order valence-electron chi connectivity index (χ4n) is 2.83. The summed E-state index contributed by atoms with van der Waals surface area (Å²) in [7, 11) is 0. The lowest BCUT2D eigenvalue weighted by molar-refractivity contribution is 0.104. The highest BCUT2D eigenvalue weighted by Crippen LogP contribution is 2.31. The Morgan fingerprint density at radius 1 is 1.00 bits per heavy atom. The summed E-state index contributed by atoms with van der Waals surface area (Å²) in [6, 6.07) is 23.5. The lowest BCUT2D eigenvalue weighted by Crippen LogP contribution is -2.02. The van der Waals surface area contributed by atoms with Crippen LogP contribution in [0.1, 0.15) is 28.4 Å². The van der Waals surface area contributed by atoms with Crippen LogP contribution in [0.5, 0.6) is 11.5 Å². The van der Waals surface area contributed by atoms with Gasteiger partial charge in [-0.05, 0) is 36.8 Å². The molecule has 0 spiro atoms. The topological polar surface area (TPSA) is 59.3 Å². The highest BCUT2D eigenvalue weighted by molar-refractivity contribution is 6.31. The third-order valence-electron chi connectivity index (χ3n) is 4.32. The highest BCUT2D eigenvalue weighted by atomic mass is 35.5. The van der Waals surface area contributed by atoms with E-state index in [1.165, 1.54) is 0 Å². The van der Waals surface area contributed by atoms with E-state index in [0.29, 0.717) is 40.9 Å². The predicted molar refractivity (Wildman–Crippen MR) is 118 cm³/mol. The normalized spacial score (nSPS) is 10.9. The molecule has 0 bridgehead atoms. The first-order valence-corrected chi connectivity index (χ1v) is 9.84. The molecule has 0 atom stereocenters. The highest BCUT2D eigenvalue weighted by Gasteiger charge is 2.13. The Kier molecular flexibility index (Phi) is 7.26. The third-order valence-corrected chi connectivity index (χ3v) is 4.69. The zero-order valence-electron chi connectivity index (χ0n) is 16.5. The van der Waals surface area contributed by atoms with Crippen molar-refractivity contribution < 1.29 is 14.3 Å². The summed E-state index contributed by atoms with van der Waals surface area (Å²) in [6.45, 7) is 2.62. The molecule has 0 N–H and O–H groups in total. The summed E-state index contributed by atoms with van der Waals surface area (Å²) in [5.41, 5.74) is 2.05. The average Bonchev–Trinajstić information content (AvgIpc) is 2.78. The van der Waals surface area contributed by atoms with Crippen LogP contribution in [0.2, 0.25) is 5.02 Å². The van der Waals surface area contributed by atoms with E-state index in [2.05, 4.69) is 0 Å². The van der Waals surface area contributed by atoms with Crippen molar-refractivity contribution >= 4 is 23.5 Å². The van der Waals surface area contributed by atoms with E-state index in [4.69, 9.17) is 21.1 Å². The monoisotopic (exact) mass is 417 g/mol. The summed E-state index contributed by atoms with van der Waals surface area (Å²) >= 11 is 6.19. The number of carbonyl (C=O) groups is 1. The number of rotatable bonds is 8. The van der Waals surface area contributed by atoms with Crippen molar-refractivity contribution in [2.45, 2.75) is 13.5 Å². The largest absolute Gasteiger partial charge is 0.490 e. The lowest BCUT2D eigenvalue weighted by Gasteiger charge is -2.13. The van der Waals surface area contributed by atoms with Crippen LogP contribution in [-0.4, -0.2) is 12.4 Å². The van der Waals surface area contributed by atoms with E-state index < -0.39 is 0 Å². The van der Waals surface area contributed by atoms with Crippen molar-refractivity contribution in [1.29, 1.82) is 5.26 Å². The number of ether oxygens (including phenoxy) is 2. The summed E-state index contributed by atoms with van der Waals surface area (Å²) in [6.07, 6.45) is 1.55. The summed E-state index contributed by atoms with van der Waals surface area (Å²) < 4.78 is 11.6. The first-order chi connectivity index (χ1) is 14.6. The molecule has 0 saturated heterocycles. The number of Topliss-reactive ketones (excluding diaryl/α,β-unsaturated/α-hetero) is 1. The van der Waals surface area contributed by atoms with Gasteiger partial charge in [0.15, 0.2) is 11.5 Å². The second-order valence-electron chi connectivity index (χ2n) is 6.38. The van der Waals surface area contributed by atoms with Gasteiger partial charge >= 0.3 is 0 Å². The van der Waals surface area contributed by atoms with E-state index in [0.717, 1.165) is 5.56 Å². The number of allylic oxidation sites excluding steroid dienone is 1. The van der Waals surface area contributed by atoms with Crippen LogP contribution in [0.15, 0.2) is 78.4 Å². The molecule has 0 amide bonds. The van der Waals surface area contributed by atoms with Gasteiger partial charge in [0.1, 0.15) is 18.2 Å². The van der Waals surface area contributed by atoms with Crippen molar-refractivity contribution in [2.24, 2.45) is 0 Å². The number of nitriles is 1. The van der Waals surface area contributed by atoms with Crippen molar-refractivity contribution in [3.63, 3.8) is 0 Å². The van der Waals surface area contributed by atoms with Crippen LogP contribution >= 0.6 is 11.6 Å². The minimum absolute atomic E-state index is 0.0494. The van der Waals surface area contributed by atoms with Gasteiger partial charge in [0.05, 0.1) is 6.61 Å². The van der Waals surface area contributed by atoms with Gasteiger partial charge in [-0.1, -0.05) is 66.2 Å². The van der Waals surface area contributed by atoms with Gasteiger partial charge in [-0.25, -0.2) is 0 Å². The van der Waals surface area contributed by atoms with Crippen molar-refractivity contribution in [3.05, 3.63) is 100 Å². The maximum absolute atomic E-state index is 12.6. The molecule has 0 aliphatic heterocycles. The molecule has 0 fully saturated rings. The van der Waals surface area contributed by atoms with E-state index in [1.54, 1.807) is 48.5 Å². The standard InChI is InChI=1S/C25H20ClNO3/c1-2-29-24-15-18(14-21(16-27)25(28)19-8-4-3-5-9-19)12-13-23(24)30-17-20-10-6-7-11-22(20)26/h3-15H,2,17H2,1H3/b21-14+.